The lowest BCUT2D eigenvalue weighted by Crippen LogP contribution is -2.58. The van der Waals surface area contributed by atoms with E-state index in [1.165, 1.54) is 19.1 Å². The number of rotatable bonds is 3. The van der Waals surface area contributed by atoms with E-state index in [1.807, 2.05) is 0 Å². The number of hydrogen-bond acceptors (Lipinski definition) is 10. The zero-order chi connectivity index (χ0) is 26.1. The van der Waals surface area contributed by atoms with E-state index >= 15 is 0 Å². The first-order valence-corrected chi connectivity index (χ1v) is 11.7. The molecule has 0 spiro atoms. The number of phenolic OH excluding ortho intramolecular Hbond substituents is 2. The number of carbonyl (C=O) groups is 3. The normalized spacial score (nSPS) is 31.4. The number of ketones is 3. The maximum atomic E-state index is 13.3. The van der Waals surface area contributed by atoms with Crippen LogP contribution in [0.3, 0.4) is 0 Å². The van der Waals surface area contributed by atoms with Crippen molar-refractivity contribution >= 4 is 17.3 Å². The van der Waals surface area contributed by atoms with Crippen LogP contribution >= 0.6 is 0 Å². The van der Waals surface area contributed by atoms with Crippen molar-refractivity contribution in [2.75, 3.05) is 6.61 Å². The molecule has 0 aromatic heterocycles. The number of benzene rings is 2. The Kier molecular flexibility index (Phi) is 5.77. The van der Waals surface area contributed by atoms with E-state index < -0.39 is 71.3 Å². The summed E-state index contributed by atoms with van der Waals surface area (Å²) in [5.74, 6) is -3.09. The van der Waals surface area contributed by atoms with Crippen molar-refractivity contribution in [2.24, 2.45) is 5.73 Å². The van der Waals surface area contributed by atoms with E-state index in [0.717, 1.165) is 0 Å². The molecule has 0 bridgehead atoms. The zero-order valence-electron chi connectivity index (χ0n) is 19.7. The van der Waals surface area contributed by atoms with Gasteiger partial charge in [0.05, 0.1) is 48.2 Å². The van der Waals surface area contributed by atoms with Crippen LogP contribution in [0.25, 0.3) is 0 Å². The van der Waals surface area contributed by atoms with Crippen LogP contribution in [0.5, 0.6) is 11.5 Å². The molecule has 3 aliphatic rings. The molecule has 0 radical (unpaired) electrons. The van der Waals surface area contributed by atoms with Gasteiger partial charge >= 0.3 is 0 Å². The van der Waals surface area contributed by atoms with Gasteiger partial charge in [0.25, 0.3) is 0 Å². The van der Waals surface area contributed by atoms with Gasteiger partial charge in [-0.1, -0.05) is 24.3 Å². The fourth-order valence-corrected chi connectivity index (χ4v) is 5.40. The topological polar surface area (TPSA) is 177 Å². The van der Waals surface area contributed by atoms with Gasteiger partial charge in [-0.25, -0.2) is 0 Å². The number of aliphatic hydroxyl groups is 2. The number of aliphatic hydroxyl groups excluding tert-OH is 1. The minimum absolute atomic E-state index is 0.00773. The molecular weight excluding hydrogens is 470 g/mol. The maximum absolute atomic E-state index is 13.3. The first-order chi connectivity index (χ1) is 17.0. The van der Waals surface area contributed by atoms with Gasteiger partial charge in [0.1, 0.15) is 17.1 Å². The molecule has 2 aromatic carbocycles. The number of Topliss-reactive ketones (excluding diaryl/α,β-unsaturated/α-hetero) is 1. The average Bonchev–Trinajstić information content (AvgIpc) is 2.84. The Morgan fingerprint density at radius 3 is 2.28 bits per heavy atom. The predicted molar refractivity (Wildman–Crippen MR) is 124 cm³/mol. The molecule has 2 aromatic rings. The van der Waals surface area contributed by atoms with Crippen LogP contribution in [-0.2, 0) is 20.7 Å². The van der Waals surface area contributed by atoms with Crippen LogP contribution in [-0.4, -0.2) is 74.3 Å². The first-order valence-electron chi connectivity index (χ1n) is 11.7. The minimum atomic E-state index is -1.99. The smallest absolute Gasteiger partial charge is 0.198 e. The minimum Gasteiger partial charge on any atom is -0.507 e. The Hall–Kier alpha value is -3.15. The van der Waals surface area contributed by atoms with Gasteiger partial charge in [-0.3, -0.25) is 14.4 Å². The molecule has 190 valence electrons. The van der Waals surface area contributed by atoms with Gasteiger partial charge < -0.3 is 35.6 Å². The monoisotopic (exact) mass is 497 g/mol. The van der Waals surface area contributed by atoms with Gasteiger partial charge in [0, 0.05) is 35.1 Å². The molecule has 1 unspecified atom stereocenters. The van der Waals surface area contributed by atoms with Crippen LogP contribution in [0.15, 0.2) is 24.3 Å². The Morgan fingerprint density at radius 2 is 1.69 bits per heavy atom. The predicted octanol–water partition coefficient (Wildman–Crippen LogP) is 0.673. The summed E-state index contributed by atoms with van der Waals surface area (Å²) in [5.41, 5.74) is 3.49. The zero-order valence-corrected chi connectivity index (χ0v) is 19.7. The average molecular weight is 498 g/mol. The van der Waals surface area contributed by atoms with Crippen molar-refractivity contribution in [2.45, 2.75) is 62.7 Å². The van der Waals surface area contributed by atoms with Gasteiger partial charge in [0.2, 0.25) is 0 Å². The molecule has 6 N–H and O–H groups in total. The second-order valence-corrected chi connectivity index (χ2v) is 9.78. The number of fused-ring (bicyclic) bond motifs is 3. The van der Waals surface area contributed by atoms with Gasteiger partial charge in [0.15, 0.2) is 17.3 Å². The van der Waals surface area contributed by atoms with Crippen LogP contribution < -0.4 is 5.73 Å². The van der Waals surface area contributed by atoms with Crippen molar-refractivity contribution in [3.05, 3.63) is 57.6 Å². The highest BCUT2D eigenvalue weighted by Crippen LogP contribution is 2.51. The maximum Gasteiger partial charge on any atom is 0.198 e. The van der Waals surface area contributed by atoms with Crippen LogP contribution in [0.2, 0.25) is 0 Å². The third kappa shape index (κ3) is 3.48. The van der Waals surface area contributed by atoms with Gasteiger partial charge in [-0.2, -0.15) is 0 Å². The number of carbonyl (C=O) groups excluding carboxylic acids is 3. The molecule has 6 atom stereocenters. The number of phenols is 2. The standard InChI is InChI=1S/C26H27NO9/c1-10-21(29)20(27)16(9-35-10)36-15-8-26(34,11(2)28)7-14-17(15)25(33)19-18(24(14)32)22(30)12-5-3-4-6-13(12)23(19)31/h3-6,10,15-16,20-21,29,32-34H,7-9,27H2,1-2H3/t10-,15-,16?,20-,21+,26-/m0/s1. The van der Waals surface area contributed by atoms with Crippen molar-refractivity contribution in [3.8, 4) is 11.5 Å². The Balaban J connectivity index is 1.68. The Labute approximate surface area is 206 Å². The van der Waals surface area contributed by atoms with E-state index in [0.29, 0.717) is 0 Å². The van der Waals surface area contributed by atoms with E-state index in [1.54, 1.807) is 19.1 Å². The molecule has 10 nitrogen and oxygen atoms in total. The highest BCUT2D eigenvalue weighted by molar-refractivity contribution is 6.30. The molecule has 0 saturated carbocycles. The SMILES string of the molecule is CC(=O)[C@]1(O)Cc2c(O)c3c(c(O)c2[C@@H](OC2CO[C@@H](C)[C@@H](O)[C@H]2N)C1)C(=O)c1ccccc1C3=O. The number of nitrogens with two attached hydrogens (primary N) is 1. The summed E-state index contributed by atoms with van der Waals surface area (Å²) in [6.07, 6.45) is -4.41. The number of hydrogen-bond donors (Lipinski definition) is 5. The summed E-state index contributed by atoms with van der Waals surface area (Å²) in [6, 6.07) is 5.18. The third-order valence-corrected chi connectivity index (χ3v) is 7.60. The fourth-order valence-electron chi connectivity index (χ4n) is 5.40. The summed E-state index contributed by atoms with van der Waals surface area (Å²) in [5, 5.41) is 44.1. The third-order valence-electron chi connectivity index (χ3n) is 7.60. The van der Waals surface area contributed by atoms with Crippen molar-refractivity contribution in [1.82, 2.24) is 0 Å². The summed E-state index contributed by atoms with van der Waals surface area (Å²) < 4.78 is 11.6. The fraction of sp³-hybridized carbons (Fsp3) is 0.423. The van der Waals surface area contributed by atoms with E-state index in [4.69, 9.17) is 15.2 Å². The molecule has 36 heavy (non-hydrogen) atoms. The number of aromatic hydroxyl groups is 2. The molecule has 5 rings (SSSR count). The molecule has 1 aliphatic heterocycles. The lowest BCUT2D eigenvalue weighted by Gasteiger charge is -2.42. The van der Waals surface area contributed by atoms with Gasteiger partial charge in [-0.05, 0) is 13.8 Å². The Morgan fingerprint density at radius 1 is 1.11 bits per heavy atom. The molecule has 1 heterocycles. The molecule has 1 saturated heterocycles. The highest BCUT2D eigenvalue weighted by atomic mass is 16.6. The molecular formula is C26H27NO9. The lowest BCUT2D eigenvalue weighted by molar-refractivity contribution is -0.175. The van der Waals surface area contributed by atoms with Crippen molar-refractivity contribution in [3.63, 3.8) is 0 Å². The summed E-state index contributed by atoms with van der Waals surface area (Å²) >= 11 is 0. The second-order valence-electron chi connectivity index (χ2n) is 9.78. The summed E-state index contributed by atoms with van der Waals surface area (Å²) in [4.78, 5) is 39.0. The number of ether oxygens (including phenoxy) is 2. The summed E-state index contributed by atoms with van der Waals surface area (Å²) in [6.45, 7) is 2.83. The van der Waals surface area contributed by atoms with E-state index in [9.17, 15) is 34.8 Å². The largest absolute Gasteiger partial charge is 0.507 e. The lowest BCUT2D eigenvalue weighted by atomic mass is 9.72. The summed E-state index contributed by atoms with van der Waals surface area (Å²) in [7, 11) is 0. The molecule has 1 fully saturated rings. The molecule has 10 heteroatoms. The second kappa shape index (κ2) is 8.46. The van der Waals surface area contributed by atoms with Crippen LogP contribution in [0.4, 0.5) is 0 Å². The van der Waals surface area contributed by atoms with E-state index in [2.05, 4.69) is 0 Å². The quantitative estimate of drug-likeness (QED) is 0.323. The van der Waals surface area contributed by atoms with Gasteiger partial charge in [-0.15, -0.1) is 0 Å². The highest BCUT2D eigenvalue weighted by Gasteiger charge is 2.49. The van der Waals surface area contributed by atoms with Crippen molar-refractivity contribution in [1.29, 1.82) is 0 Å². The van der Waals surface area contributed by atoms with Crippen molar-refractivity contribution < 1.29 is 44.3 Å². The molecule has 2 aliphatic carbocycles. The Bertz CT molecular complexity index is 1300. The first kappa shape index (κ1) is 24.5. The van der Waals surface area contributed by atoms with Crippen LogP contribution in [0, 0.1) is 0 Å². The molecule has 0 amide bonds. The van der Waals surface area contributed by atoms with Crippen LogP contribution in [0.1, 0.15) is 69.3 Å². The van der Waals surface area contributed by atoms with E-state index in [-0.39, 0.29) is 46.4 Å².